The summed E-state index contributed by atoms with van der Waals surface area (Å²) >= 11 is 6.02. The molecule has 138 valence electrons. The zero-order valence-corrected chi connectivity index (χ0v) is 15.6. The lowest BCUT2D eigenvalue weighted by molar-refractivity contribution is 0.172. The van der Waals surface area contributed by atoms with Gasteiger partial charge in [-0.15, -0.1) is 0 Å². The van der Waals surface area contributed by atoms with Crippen LogP contribution in [0.1, 0.15) is 5.56 Å². The predicted octanol–water partition coefficient (Wildman–Crippen LogP) is 1.95. The topological polar surface area (TPSA) is 82.6 Å². The van der Waals surface area contributed by atoms with E-state index in [0.717, 1.165) is 5.56 Å². The van der Waals surface area contributed by atoms with Gasteiger partial charge in [0.25, 0.3) is 0 Å². The molecule has 2 aromatic rings. The van der Waals surface area contributed by atoms with Gasteiger partial charge >= 0.3 is 6.03 Å². The maximum atomic E-state index is 12.7. The van der Waals surface area contributed by atoms with Crippen LogP contribution in [0.15, 0.2) is 53.7 Å². The molecule has 1 aromatic heterocycles. The van der Waals surface area contributed by atoms with E-state index in [1.165, 1.54) is 10.4 Å². The van der Waals surface area contributed by atoms with Crippen molar-refractivity contribution in [2.75, 3.05) is 26.2 Å². The van der Waals surface area contributed by atoms with Crippen LogP contribution in [-0.2, 0) is 16.6 Å². The lowest BCUT2D eigenvalue weighted by atomic mass is 10.3. The first-order valence-electron chi connectivity index (χ1n) is 8.15. The highest BCUT2D eigenvalue weighted by atomic mass is 35.5. The molecule has 1 aromatic carbocycles. The molecular formula is C17H19ClN4O3S. The van der Waals surface area contributed by atoms with Crippen molar-refractivity contribution in [2.24, 2.45) is 0 Å². The van der Waals surface area contributed by atoms with Crippen LogP contribution in [0.3, 0.4) is 0 Å². The number of benzene rings is 1. The van der Waals surface area contributed by atoms with Gasteiger partial charge in [-0.3, -0.25) is 4.98 Å². The predicted molar refractivity (Wildman–Crippen MR) is 98.3 cm³/mol. The van der Waals surface area contributed by atoms with Crippen LogP contribution in [0.25, 0.3) is 0 Å². The van der Waals surface area contributed by atoms with Crippen LogP contribution in [0.2, 0.25) is 5.02 Å². The fourth-order valence-electron chi connectivity index (χ4n) is 2.72. The zero-order chi connectivity index (χ0) is 18.6. The summed E-state index contributed by atoms with van der Waals surface area (Å²) in [5.41, 5.74) is 0.904. The van der Waals surface area contributed by atoms with Crippen LogP contribution in [-0.4, -0.2) is 54.8 Å². The molecule has 1 aliphatic heterocycles. The van der Waals surface area contributed by atoms with Crippen molar-refractivity contribution in [1.82, 2.24) is 19.5 Å². The van der Waals surface area contributed by atoms with Gasteiger partial charge in [-0.1, -0.05) is 29.8 Å². The summed E-state index contributed by atoms with van der Waals surface area (Å²) < 4.78 is 26.8. The van der Waals surface area contributed by atoms with Crippen LogP contribution in [0, 0.1) is 0 Å². The van der Waals surface area contributed by atoms with E-state index in [2.05, 4.69) is 10.3 Å². The summed E-state index contributed by atoms with van der Waals surface area (Å²) in [6.07, 6.45) is 3.36. The lowest BCUT2D eigenvalue weighted by Gasteiger charge is -2.34. The fraction of sp³-hybridized carbons (Fsp3) is 0.294. The monoisotopic (exact) mass is 394 g/mol. The SMILES string of the molecule is O=C(NCc1cccnc1)N1CCN(S(=O)(=O)c2ccccc2Cl)CC1. The Kier molecular flexibility index (Phi) is 5.75. The number of nitrogens with zero attached hydrogens (tertiary/aromatic N) is 3. The number of carbonyl (C=O) groups excluding carboxylic acids is 1. The summed E-state index contributed by atoms with van der Waals surface area (Å²) in [7, 11) is -3.66. The minimum atomic E-state index is -3.66. The third kappa shape index (κ3) is 4.14. The third-order valence-electron chi connectivity index (χ3n) is 4.15. The van der Waals surface area contributed by atoms with Gasteiger partial charge in [0.05, 0.1) is 5.02 Å². The highest BCUT2D eigenvalue weighted by molar-refractivity contribution is 7.89. The maximum Gasteiger partial charge on any atom is 0.317 e. The van der Waals surface area contributed by atoms with Gasteiger partial charge < -0.3 is 10.2 Å². The number of hydrogen-bond donors (Lipinski definition) is 1. The average Bonchev–Trinajstić information content (AvgIpc) is 2.67. The molecule has 1 aliphatic rings. The summed E-state index contributed by atoms with van der Waals surface area (Å²) in [5, 5.41) is 3.02. The summed E-state index contributed by atoms with van der Waals surface area (Å²) in [6.45, 7) is 1.48. The minimum absolute atomic E-state index is 0.0937. The molecule has 0 spiro atoms. The standard InChI is InChI=1S/C17H19ClN4O3S/c18-15-5-1-2-6-16(15)26(24,25)22-10-8-21(9-11-22)17(23)20-13-14-4-3-7-19-12-14/h1-7,12H,8-11,13H2,(H,20,23). The van der Waals surface area contributed by atoms with Gasteiger partial charge in [-0.25, -0.2) is 13.2 Å². The largest absolute Gasteiger partial charge is 0.334 e. The minimum Gasteiger partial charge on any atom is -0.334 e. The quantitative estimate of drug-likeness (QED) is 0.859. The number of pyridine rings is 1. The molecule has 1 fully saturated rings. The first-order chi connectivity index (χ1) is 12.5. The summed E-state index contributed by atoms with van der Waals surface area (Å²) in [6, 6.07) is 9.83. The molecule has 26 heavy (non-hydrogen) atoms. The van der Waals surface area contributed by atoms with E-state index >= 15 is 0 Å². The van der Waals surface area contributed by atoms with E-state index < -0.39 is 10.0 Å². The van der Waals surface area contributed by atoms with Gasteiger partial charge in [-0.2, -0.15) is 4.31 Å². The Morgan fingerprint density at radius 1 is 1.12 bits per heavy atom. The van der Waals surface area contributed by atoms with E-state index in [9.17, 15) is 13.2 Å². The highest BCUT2D eigenvalue weighted by Gasteiger charge is 2.31. The molecule has 0 aliphatic carbocycles. The van der Waals surface area contributed by atoms with Crippen molar-refractivity contribution in [1.29, 1.82) is 0 Å². The van der Waals surface area contributed by atoms with E-state index in [-0.39, 0.29) is 29.0 Å². The molecule has 2 heterocycles. The molecule has 7 nitrogen and oxygen atoms in total. The number of hydrogen-bond acceptors (Lipinski definition) is 4. The second kappa shape index (κ2) is 8.03. The molecule has 2 amide bonds. The zero-order valence-electron chi connectivity index (χ0n) is 14.0. The summed E-state index contributed by atoms with van der Waals surface area (Å²) in [4.78, 5) is 18.0. The molecule has 0 atom stereocenters. The molecule has 3 rings (SSSR count). The number of aromatic nitrogens is 1. The Bertz CT molecular complexity index is 869. The van der Waals surface area contributed by atoms with E-state index in [4.69, 9.17) is 11.6 Å². The number of rotatable bonds is 4. The average molecular weight is 395 g/mol. The van der Waals surface area contributed by atoms with Gasteiger partial charge in [0.2, 0.25) is 10.0 Å². The van der Waals surface area contributed by atoms with Crippen LogP contribution < -0.4 is 5.32 Å². The Hall–Kier alpha value is -2.16. The molecule has 0 bridgehead atoms. The van der Waals surface area contributed by atoms with E-state index in [1.807, 2.05) is 6.07 Å². The number of carbonyl (C=O) groups is 1. The Morgan fingerprint density at radius 3 is 2.50 bits per heavy atom. The number of amides is 2. The molecule has 9 heteroatoms. The van der Waals surface area contributed by atoms with Gasteiger partial charge in [0.1, 0.15) is 4.90 Å². The molecular weight excluding hydrogens is 376 g/mol. The first-order valence-corrected chi connectivity index (χ1v) is 9.96. The van der Waals surface area contributed by atoms with Crippen molar-refractivity contribution in [2.45, 2.75) is 11.4 Å². The smallest absolute Gasteiger partial charge is 0.317 e. The molecule has 1 N–H and O–H groups in total. The van der Waals surface area contributed by atoms with Crippen molar-refractivity contribution in [3.8, 4) is 0 Å². The van der Waals surface area contributed by atoms with Gasteiger partial charge in [0.15, 0.2) is 0 Å². The van der Waals surface area contributed by atoms with Gasteiger partial charge in [0, 0.05) is 45.1 Å². The molecule has 0 unspecified atom stereocenters. The Labute approximate surface area is 157 Å². The van der Waals surface area contributed by atoms with E-state index in [0.29, 0.717) is 19.6 Å². The normalized spacial score (nSPS) is 15.7. The van der Waals surface area contributed by atoms with Gasteiger partial charge in [-0.05, 0) is 23.8 Å². The fourth-order valence-corrected chi connectivity index (χ4v) is 4.63. The molecule has 0 saturated carbocycles. The van der Waals surface area contributed by atoms with Crippen molar-refractivity contribution in [3.05, 3.63) is 59.4 Å². The third-order valence-corrected chi connectivity index (χ3v) is 6.55. The van der Waals surface area contributed by atoms with Crippen LogP contribution >= 0.6 is 11.6 Å². The Balaban J connectivity index is 1.57. The first kappa shape index (κ1) is 18.6. The Morgan fingerprint density at radius 2 is 1.85 bits per heavy atom. The van der Waals surface area contributed by atoms with Crippen LogP contribution in [0.5, 0.6) is 0 Å². The van der Waals surface area contributed by atoms with Crippen LogP contribution in [0.4, 0.5) is 4.79 Å². The number of sulfonamides is 1. The van der Waals surface area contributed by atoms with E-state index in [1.54, 1.807) is 41.6 Å². The van der Waals surface area contributed by atoms with Crippen molar-refractivity contribution >= 4 is 27.7 Å². The number of halogens is 1. The summed E-state index contributed by atoms with van der Waals surface area (Å²) in [5.74, 6) is 0. The number of urea groups is 1. The van der Waals surface area contributed by atoms with Crippen molar-refractivity contribution in [3.63, 3.8) is 0 Å². The maximum absolute atomic E-state index is 12.7. The second-order valence-corrected chi connectivity index (χ2v) is 8.16. The highest BCUT2D eigenvalue weighted by Crippen LogP contribution is 2.24. The second-order valence-electron chi connectivity index (χ2n) is 5.84. The molecule has 0 radical (unpaired) electrons. The molecule has 1 saturated heterocycles. The number of piperazine rings is 1. The lowest BCUT2D eigenvalue weighted by Crippen LogP contribution is -2.53. The van der Waals surface area contributed by atoms with Crippen molar-refractivity contribution < 1.29 is 13.2 Å². The number of nitrogens with one attached hydrogen (secondary N) is 1.